The molecule has 0 aliphatic carbocycles. The topological polar surface area (TPSA) is 50.4 Å². The van der Waals surface area contributed by atoms with Crippen LogP contribution in [0.5, 0.6) is 0 Å². The van der Waals surface area contributed by atoms with Gasteiger partial charge in [-0.15, -0.1) is 11.3 Å². The number of anilines is 1. The van der Waals surface area contributed by atoms with E-state index in [0.717, 1.165) is 29.2 Å². The molecule has 0 aromatic carbocycles. The van der Waals surface area contributed by atoms with Gasteiger partial charge in [-0.1, -0.05) is 12.2 Å². The predicted octanol–water partition coefficient (Wildman–Crippen LogP) is 2.39. The van der Waals surface area contributed by atoms with E-state index in [1.807, 2.05) is 18.4 Å². The van der Waals surface area contributed by atoms with E-state index in [4.69, 9.17) is 4.74 Å². The van der Waals surface area contributed by atoms with Crippen molar-refractivity contribution in [1.29, 1.82) is 0 Å². The Bertz CT molecular complexity index is 401. The molecule has 0 saturated carbocycles. The van der Waals surface area contributed by atoms with Crippen molar-refractivity contribution in [3.8, 4) is 0 Å². The predicted molar refractivity (Wildman–Crippen MR) is 76.0 cm³/mol. The van der Waals surface area contributed by atoms with Crippen molar-refractivity contribution in [3.05, 3.63) is 28.5 Å². The van der Waals surface area contributed by atoms with Crippen LogP contribution in [0.3, 0.4) is 0 Å². The van der Waals surface area contributed by atoms with Gasteiger partial charge in [0.2, 0.25) is 5.91 Å². The molecule has 1 rings (SSSR count). The Morgan fingerprint density at radius 3 is 2.94 bits per heavy atom. The molecule has 0 atom stereocenters. The zero-order valence-corrected chi connectivity index (χ0v) is 11.7. The van der Waals surface area contributed by atoms with E-state index in [9.17, 15) is 4.79 Å². The minimum atomic E-state index is -0.0422. The van der Waals surface area contributed by atoms with E-state index in [2.05, 4.69) is 17.2 Å². The van der Waals surface area contributed by atoms with Crippen molar-refractivity contribution < 1.29 is 9.53 Å². The summed E-state index contributed by atoms with van der Waals surface area (Å²) in [6, 6.07) is 1.92. The fourth-order valence-corrected chi connectivity index (χ4v) is 2.17. The molecule has 18 heavy (non-hydrogen) atoms. The van der Waals surface area contributed by atoms with Crippen LogP contribution in [0.2, 0.25) is 0 Å². The van der Waals surface area contributed by atoms with Gasteiger partial charge in [0, 0.05) is 24.9 Å². The van der Waals surface area contributed by atoms with Crippen molar-refractivity contribution in [2.75, 3.05) is 25.1 Å². The highest BCUT2D eigenvalue weighted by molar-refractivity contribution is 7.10. The molecular formula is C13H20N2O2S. The monoisotopic (exact) mass is 268 g/mol. The summed E-state index contributed by atoms with van der Waals surface area (Å²) in [4.78, 5) is 12.1. The van der Waals surface area contributed by atoms with Crippen molar-refractivity contribution in [2.24, 2.45) is 0 Å². The Kier molecular flexibility index (Phi) is 6.64. The average molecular weight is 268 g/mol. The number of amides is 1. The molecule has 0 saturated heterocycles. The second-order valence-corrected chi connectivity index (χ2v) is 5.13. The third kappa shape index (κ3) is 5.95. The quantitative estimate of drug-likeness (QED) is 0.562. The van der Waals surface area contributed by atoms with Crippen LogP contribution in [0.1, 0.15) is 18.7 Å². The molecular weight excluding hydrogens is 248 g/mol. The molecule has 5 heteroatoms. The molecule has 100 valence electrons. The summed E-state index contributed by atoms with van der Waals surface area (Å²) in [6.07, 6.45) is 0. The van der Waals surface area contributed by atoms with E-state index >= 15 is 0 Å². The first kappa shape index (κ1) is 14.9. The lowest BCUT2D eigenvalue weighted by molar-refractivity contribution is -0.114. The van der Waals surface area contributed by atoms with Crippen LogP contribution in [-0.2, 0) is 16.1 Å². The lowest BCUT2D eigenvalue weighted by Crippen LogP contribution is -2.20. The SMILES string of the molecule is C=C(C)COCCNCc1sccc1NC(C)=O. The zero-order valence-electron chi connectivity index (χ0n) is 10.9. The van der Waals surface area contributed by atoms with Gasteiger partial charge in [-0.25, -0.2) is 0 Å². The highest BCUT2D eigenvalue weighted by Gasteiger charge is 2.04. The van der Waals surface area contributed by atoms with E-state index in [1.54, 1.807) is 11.3 Å². The summed E-state index contributed by atoms with van der Waals surface area (Å²) in [6.45, 7) is 10.0. The molecule has 2 N–H and O–H groups in total. The van der Waals surface area contributed by atoms with E-state index in [0.29, 0.717) is 13.2 Å². The Hall–Kier alpha value is -1.17. The highest BCUT2D eigenvalue weighted by atomic mass is 32.1. The maximum Gasteiger partial charge on any atom is 0.221 e. The fraction of sp³-hybridized carbons (Fsp3) is 0.462. The lowest BCUT2D eigenvalue weighted by Gasteiger charge is -2.07. The summed E-state index contributed by atoms with van der Waals surface area (Å²) in [5.74, 6) is -0.0422. The van der Waals surface area contributed by atoms with Gasteiger partial charge in [-0.3, -0.25) is 4.79 Å². The first-order valence-electron chi connectivity index (χ1n) is 5.86. The van der Waals surface area contributed by atoms with E-state index < -0.39 is 0 Å². The number of carbonyl (C=O) groups is 1. The second-order valence-electron chi connectivity index (χ2n) is 4.13. The van der Waals surface area contributed by atoms with Crippen LogP contribution in [-0.4, -0.2) is 25.7 Å². The van der Waals surface area contributed by atoms with Crippen LogP contribution >= 0.6 is 11.3 Å². The minimum absolute atomic E-state index is 0.0422. The molecule has 0 bridgehead atoms. The van der Waals surface area contributed by atoms with Crippen LogP contribution in [0.4, 0.5) is 5.69 Å². The Morgan fingerprint density at radius 1 is 1.50 bits per heavy atom. The molecule has 4 nitrogen and oxygen atoms in total. The maximum absolute atomic E-state index is 11.0. The average Bonchev–Trinajstić information content (AvgIpc) is 2.69. The zero-order chi connectivity index (χ0) is 13.4. The van der Waals surface area contributed by atoms with Gasteiger partial charge < -0.3 is 15.4 Å². The molecule has 0 unspecified atom stereocenters. The van der Waals surface area contributed by atoms with Crippen molar-refractivity contribution in [1.82, 2.24) is 5.32 Å². The number of nitrogens with one attached hydrogen (secondary N) is 2. The van der Waals surface area contributed by atoms with Crippen molar-refractivity contribution in [3.63, 3.8) is 0 Å². The Balaban J connectivity index is 2.21. The summed E-state index contributed by atoms with van der Waals surface area (Å²) < 4.78 is 5.38. The van der Waals surface area contributed by atoms with Gasteiger partial charge in [0.1, 0.15) is 0 Å². The van der Waals surface area contributed by atoms with Gasteiger partial charge in [-0.05, 0) is 18.4 Å². The maximum atomic E-state index is 11.0. The number of thiophene rings is 1. The standard InChI is InChI=1S/C13H20N2O2S/c1-10(2)9-17-6-5-14-8-13-12(4-7-18-13)15-11(3)16/h4,7,14H,1,5-6,8-9H2,2-3H3,(H,15,16). The molecule has 1 heterocycles. The second kappa shape index (κ2) is 8.02. The fourth-order valence-electron chi connectivity index (χ4n) is 1.37. The largest absolute Gasteiger partial charge is 0.376 e. The number of carbonyl (C=O) groups excluding carboxylic acids is 1. The van der Waals surface area contributed by atoms with Gasteiger partial charge in [0.15, 0.2) is 0 Å². The molecule has 1 amide bonds. The number of hydrogen-bond donors (Lipinski definition) is 2. The highest BCUT2D eigenvalue weighted by Crippen LogP contribution is 2.21. The first-order chi connectivity index (χ1) is 8.59. The molecule has 1 aromatic heterocycles. The summed E-state index contributed by atoms with van der Waals surface area (Å²) in [5, 5.41) is 8.06. The first-order valence-corrected chi connectivity index (χ1v) is 6.74. The van der Waals surface area contributed by atoms with Crippen molar-refractivity contribution in [2.45, 2.75) is 20.4 Å². The normalized spacial score (nSPS) is 10.3. The smallest absolute Gasteiger partial charge is 0.221 e. The lowest BCUT2D eigenvalue weighted by atomic mass is 10.3. The van der Waals surface area contributed by atoms with Crippen molar-refractivity contribution >= 4 is 22.9 Å². The van der Waals surface area contributed by atoms with Crippen LogP contribution in [0.15, 0.2) is 23.6 Å². The van der Waals surface area contributed by atoms with Gasteiger partial charge in [0.25, 0.3) is 0 Å². The van der Waals surface area contributed by atoms with E-state index in [1.165, 1.54) is 6.92 Å². The molecule has 1 aromatic rings. The van der Waals surface area contributed by atoms with Gasteiger partial charge in [-0.2, -0.15) is 0 Å². The Morgan fingerprint density at radius 2 is 2.28 bits per heavy atom. The molecule has 0 aliphatic heterocycles. The number of hydrogen-bond acceptors (Lipinski definition) is 4. The number of ether oxygens (including phenoxy) is 1. The Labute approximate surface area is 112 Å². The third-order valence-electron chi connectivity index (χ3n) is 2.11. The van der Waals surface area contributed by atoms with Crippen LogP contribution < -0.4 is 10.6 Å². The summed E-state index contributed by atoms with van der Waals surface area (Å²) in [7, 11) is 0. The van der Waals surface area contributed by atoms with Gasteiger partial charge >= 0.3 is 0 Å². The third-order valence-corrected chi connectivity index (χ3v) is 3.03. The molecule has 0 radical (unpaired) electrons. The van der Waals surface area contributed by atoms with E-state index in [-0.39, 0.29) is 5.91 Å². The minimum Gasteiger partial charge on any atom is -0.376 e. The summed E-state index contributed by atoms with van der Waals surface area (Å²) >= 11 is 1.63. The molecule has 0 fully saturated rings. The molecule has 0 aliphatic rings. The van der Waals surface area contributed by atoms with Crippen LogP contribution in [0, 0.1) is 0 Å². The number of rotatable bonds is 8. The summed E-state index contributed by atoms with van der Waals surface area (Å²) in [5.41, 5.74) is 1.92. The van der Waals surface area contributed by atoms with Gasteiger partial charge in [0.05, 0.1) is 18.9 Å². The van der Waals surface area contributed by atoms with Crippen LogP contribution in [0.25, 0.3) is 0 Å². The molecule has 0 spiro atoms.